The van der Waals surface area contributed by atoms with E-state index >= 15 is 0 Å². The smallest absolute Gasteiger partial charge is 0.407 e. The second-order valence-corrected chi connectivity index (χ2v) is 4.87. The molecule has 0 saturated carbocycles. The topological polar surface area (TPSA) is 64.0 Å². The minimum atomic E-state index is -0.961. The number of benzene rings is 1. The van der Waals surface area contributed by atoms with E-state index in [1.165, 1.54) is 10.5 Å². The maximum Gasteiger partial charge on any atom is 0.407 e. The fourth-order valence-corrected chi connectivity index (χ4v) is 2.57. The number of nitrogens with zero attached hydrogens (tertiary/aromatic N) is 2. The molecule has 1 fully saturated rings. The Morgan fingerprint density at radius 3 is 2.58 bits per heavy atom. The van der Waals surface area contributed by atoms with E-state index in [1.807, 2.05) is 37.3 Å². The molecule has 1 saturated heterocycles. The van der Waals surface area contributed by atoms with E-state index in [2.05, 4.69) is 4.90 Å². The van der Waals surface area contributed by atoms with E-state index in [4.69, 9.17) is 5.11 Å². The quantitative estimate of drug-likeness (QED) is 0.858. The van der Waals surface area contributed by atoms with Crippen LogP contribution >= 0.6 is 0 Å². The number of rotatable bonds is 4. The first kappa shape index (κ1) is 13.8. The van der Waals surface area contributed by atoms with Crippen molar-refractivity contribution in [3.8, 4) is 0 Å². The first-order valence-corrected chi connectivity index (χ1v) is 6.55. The van der Waals surface area contributed by atoms with Crippen molar-refractivity contribution in [2.45, 2.75) is 25.6 Å². The van der Waals surface area contributed by atoms with E-state index < -0.39 is 12.2 Å². The third kappa shape index (κ3) is 3.24. The second kappa shape index (κ2) is 6.04. The van der Waals surface area contributed by atoms with Gasteiger partial charge >= 0.3 is 6.09 Å². The van der Waals surface area contributed by atoms with Gasteiger partial charge in [0.15, 0.2) is 0 Å². The standard InChI is InChI=1S/C14H20N2O3/c1-2-15(8-11-6-4-3-5-7-11)12-9-16(14(18)19)10-13(12)17/h3-7,12-13,17H,2,8-10H2,1H3,(H,18,19)/t12-,13-/m0/s1. The van der Waals surface area contributed by atoms with Gasteiger partial charge < -0.3 is 15.1 Å². The molecule has 5 heteroatoms. The van der Waals surface area contributed by atoms with E-state index in [9.17, 15) is 9.90 Å². The Morgan fingerprint density at radius 2 is 2.05 bits per heavy atom. The molecule has 19 heavy (non-hydrogen) atoms. The fourth-order valence-electron chi connectivity index (χ4n) is 2.57. The number of hydrogen-bond acceptors (Lipinski definition) is 3. The first-order chi connectivity index (χ1) is 9.11. The second-order valence-electron chi connectivity index (χ2n) is 4.87. The average molecular weight is 264 g/mol. The summed E-state index contributed by atoms with van der Waals surface area (Å²) in [5, 5.41) is 19.0. The van der Waals surface area contributed by atoms with Crippen LogP contribution in [0.15, 0.2) is 30.3 Å². The van der Waals surface area contributed by atoms with Crippen molar-refractivity contribution in [3.05, 3.63) is 35.9 Å². The summed E-state index contributed by atoms with van der Waals surface area (Å²) in [6, 6.07) is 9.89. The maximum absolute atomic E-state index is 11.0. The number of likely N-dealkylation sites (tertiary alicyclic amines) is 1. The zero-order chi connectivity index (χ0) is 13.8. The van der Waals surface area contributed by atoms with Crippen LogP contribution in [-0.4, -0.2) is 57.9 Å². The number of carboxylic acid groups (broad SMARTS) is 1. The Morgan fingerprint density at radius 1 is 1.37 bits per heavy atom. The van der Waals surface area contributed by atoms with Crippen molar-refractivity contribution < 1.29 is 15.0 Å². The lowest BCUT2D eigenvalue weighted by Gasteiger charge is -2.29. The van der Waals surface area contributed by atoms with Crippen LogP contribution in [0.1, 0.15) is 12.5 Å². The molecule has 0 spiro atoms. The summed E-state index contributed by atoms with van der Waals surface area (Å²) in [6.07, 6.45) is -1.57. The van der Waals surface area contributed by atoms with Gasteiger partial charge in [-0.2, -0.15) is 0 Å². The molecule has 1 amide bonds. The predicted molar refractivity (Wildman–Crippen MR) is 71.9 cm³/mol. The van der Waals surface area contributed by atoms with E-state index in [0.29, 0.717) is 6.54 Å². The molecule has 5 nitrogen and oxygen atoms in total. The molecule has 2 rings (SSSR count). The lowest BCUT2D eigenvalue weighted by Crippen LogP contribution is -2.42. The van der Waals surface area contributed by atoms with Gasteiger partial charge in [0.25, 0.3) is 0 Å². The molecule has 2 N–H and O–H groups in total. The monoisotopic (exact) mass is 264 g/mol. The van der Waals surface area contributed by atoms with Crippen molar-refractivity contribution in [1.29, 1.82) is 0 Å². The number of carbonyl (C=O) groups is 1. The minimum Gasteiger partial charge on any atom is -0.465 e. The molecule has 0 bridgehead atoms. The van der Waals surface area contributed by atoms with Crippen LogP contribution in [0.5, 0.6) is 0 Å². The number of likely N-dealkylation sites (N-methyl/N-ethyl adjacent to an activating group) is 1. The SMILES string of the molecule is CCN(Cc1ccccc1)[C@H]1CN(C(=O)O)C[C@@H]1O. The first-order valence-electron chi connectivity index (χ1n) is 6.55. The summed E-state index contributed by atoms with van der Waals surface area (Å²) in [4.78, 5) is 14.4. The molecule has 1 aliphatic rings. The van der Waals surface area contributed by atoms with Crippen LogP contribution in [0, 0.1) is 0 Å². The lowest BCUT2D eigenvalue weighted by atomic mass is 10.1. The summed E-state index contributed by atoms with van der Waals surface area (Å²) in [7, 11) is 0. The molecule has 2 atom stereocenters. The summed E-state index contributed by atoms with van der Waals surface area (Å²) >= 11 is 0. The van der Waals surface area contributed by atoms with Crippen molar-refractivity contribution in [2.24, 2.45) is 0 Å². The van der Waals surface area contributed by atoms with E-state index in [1.54, 1.807) is 0 Å². The summed E-state index contributed by atoms with van der Waals surface area (Å²) < 4.78 is 0. The van der Waals surface area contributed by atoms with Gasteiger partial charge in [-0.15, -0.1) is 0 Å². The highest BCUT2D eigenvalue weighted by Crippen LogP contribution is 2.18. The Hall–Kier alpha value is -1.59. The highest BCUT2D eigenvalue weighted by atomic mass is 16.4. The van der Waals surface area contributed by atoms with Gasteiger partial charge in [-0.05, 0) is 12.1 Å². The largest absolute Gasteiger partial charge is 0.465 e. The number of β-amino-alcohol motifs (C(OH)–C–C–N with tert-alkyl or cyclic N) is 1. The van der Waals surface area contributed by atoms with Crippen molar-refractivity contribution in [1.82, 2.24) is 9.80 Å². The van der Waals surface area contributed by atoms with Gasteiger partial charge in [0.1, 0.15) is 0 Å². The van der Waals surface area contributed by atoms with Crippen LogP contribution in [0.25, 0.3) is 0 Å². The van der Waals surface area contributed by atoms with Gasteiger partial charge in [-0.25, -0.2) is 4.79 Å². The van der Waals surface area contributed by atoms with Crippen molar-refractivity contribution >= 4 is 6.09 Å². The molecular weight excluding hydrogens is 244 g/mol. The molecule has 0 unspecified atom stereocenters. The highest BCUT2D eigenvalue weighted by molar-refractivity contribution is 5.65. The Kier molecular flexibility index (Phi) is 4.39. The van der Waals surface area contributed by atoms with Crippen LogP contribution in [0.4, 0.5) is 4.79 Å². The van der Waals surface area contributed by atoms with Crippen molar-refractivity contribution in [2.75, 3.05) is 19.6 Å². The molecule has 0 aliphatic carbocycles. The van der Waals surface area contributed by atoms with Gasteiger partial charge in [0, 0.05) is 13.1 Å². The number of aliphatic hydroxyl groups excluding tert-OH is 1. The van der Waals surface area contributed by atoms with Gasteiger partial charge in [-0.3, -0.25) is 4.90 Å². The number of hydrogen-bond donors (Lipinski definition) is 2. The van der Waals surface area contributed by atoms with E-state index in [0.717, 1.165) is 13.1 Å². The lowest BCUT2D eigenvalue weighted by molar-refractivity contribution is 0.0815. The molecule has 0 aromatic heterocycles. The average Bonchev–Trinajstić information content (AvgIpc) is 2.79. The van der Waals surface area contributed by atoms with Gasteiger partial charge in [-0.1, -0.05) is 37.3 Å². The molecular formula is C14H20N2O3. The normalized spacial score (nSPS) is 23.0. The predicted octanol–water partition coefficient (Wildman–Crippen LogP) is 1.23. The van der Waals surface area contributed by atoms with Crippen LogP contribution < -0.4 is 0 Å². The fraction of sp³-hybridized carbons (Fsp3) is 0.500. The Balaban J connectivity index is 2.04. The third-order valence-corrected chi connectivity index (χ3v) is 3.63. The van der Waals surface area contributed by atoms with Crippen LogP contribution in [0.3, 0.4) is 0 Å². The molecule has 104 valence electrons. The Labute approximate surface area is 113 Å². The third-order valence-electron chi connectivity index (χ3n) is 3.63. The van der Waals surface area contributed by atoms with E-state index in [-0.39, 0.29) is 12.6 Å². The van der Waals surface area contributed by atoms with Crippen LogP contribution in [0.2, 0.25) is 0 Å². The zero-order valence-corrected chi connectivity index (χ0v) is 11.1. The van der Waals surface area contributed by atoms with Crippen LogP contribution in [-0.2, 0) is 6.54 Å². The summed E-state index contributed by atoms with van der Waals surface area (Å²) in [6.45, 7) is 4.11. The molecule has 1 aromatic rings. The number of amides is 1. The summed E-state index contributed by atoms with van der Waals surface area (Å²) in [5.74, 6) is 0. The molecule has 1 aromatic carbocycles. The molecule has 1 heterocycles. The van der Waals surface area contributed by atoms with Gasteiger partial charge in [0.2, 0.25) is 0 Å². The number of aliphatic hydroxyl groups is 1. The van der Waals surface area contributed by atoms with Crippen molar-refractivity contribution in [3.63, 3.8) is 0 Å². The van der Waals surface area contributed by atoms with Gasteiger partial charge in [0.05, 0.1) is 18.7 Å². The highest BCUT2D eigenvalue weighted by Gasteiger charge is 2.37. The summed E-state index contributed by atoms with van der Waals surface area (Å²) in [5.41, 5.74) is 1.17. The Bertz CT molecular complexity index is 424. The molecule has 0 radical (unpaired) electrons. The molecule has 1 aliphatic heterocycles. The maximum atomic E-state index is 11.0. The minimum absolute atomic E-state index is 0.124. The zero-order valence-electron chi connectivity index (χ0n) is 11.1.